The minimum atomic E-state index is -0.418. The molecule has 1 amide bonds. The van der Waals surface area contributed by atoms with Gasteiger partial charge < -0.3 is 19.7 Å². The molecule has 0 unspecified atom stereocenters. The number of ether oxygens (including phenoxy) is 2. The SMILES string of the molecule is COc1cc(/C=N/NC(=O)c2ccc(O)cc2)cc(OC)c1O. The number of benzene rings is 2. The topological polar surface area (TPSA) is 100 Å². The maximum absolute atomic E-state index is 11.9. The van der Waals surface area contributed by atoms with E-state index in [0.717, 1.165) is 0 Å². The smallest absolute Gasteiger partial charge is 0.271 e. The quantitative estimate of drug-likeness (QED) is 0.577. The molecule has 2 rings (SSSR count). The molecule has 0 spiro atoms. The fourth-order valence-corrected chi connectivity index (χ4v) is 1.83. The highest BCUT2D eigenvalue weighted by Crippen LogP contribution is 2.36. The number of phenols is 2. The number of hydrogen-bond donors (Lipinski definition) is 3. The Morgan fingerprint density at radius 1 is 1.09 bits per heavy atom. The van der Waals surface area contributed by atoms with Crippen LogP contribution in [-0.4, -0.2) is 36.6 Å². The molecule has 0 bridgehead atoms. The van der Waals surface area contributed by atoms with Gasteiger partial charge in [0.1, 0.15) is 5.75 Å². The summed E-state index contributed by atoms with van der Waals surface area (Å²) in [6.07, 6.45) is 1.39. The van der Waals surface area contributed by atoms with Crippen LogP contribution in [0.5, 0.6) is 23.0 Å². The van der Waals surface area contributed by atoms with Crippen LogP contribution in [-0.2, 0) is 0 Å². The van der Waals surface area contributed by atoms with Crippen LogP contribution >= 0.6 is 0 Å². The summed E-state index contributed by atoms with van der Waals surface area (Å²) in [7, 11) is 2.84. The second-order valence-corrected chi connectivity index (χ2v) is 4.52. The first-order valence-corrected chi connectivity index (χ1v) is 6.62. The molecule has 0 aliphatic heterocycles. The van der Waals surface area contributed by atoms with Crippen molar-refractivity contribution in [3.63, 3.8) is 0 Å². The molecule has 0 heterocycles. The van der Waals surface area contributed by atoms with Crippen molar-refractivity contribution in [2.24, 2.45) is 5.10 Å². The number of amides is 1. The number of nitrogens with zero attached hydrogens (tertiary/aromatic N) is 1. The lowest BCUT2D eigenvalue weighted by Gasteiger charge is -2.09. The van der Waals surface area contributed by atoms with Gasteiger partial charge in [-0.05, 0) is 36.4 Å². The molecule has 120 valence electrons. The van der Waals surface area contributed by atoms with E-state index in [1.807, 2.05) is 0 Å². The number of hydrogen-bond acceptors (Lipinski definition) is 6. The van der Waals surface area contributed by atoms with Crippen LogP contribution in [0, 0.1) is 0 Å². The Morgan fingerprint density at radius 3 is 2.17 bits per heavy atom. The zero-order valence-corrected chi connectivity index (χ0v) is 12.6. The first-order chi connectivity index (χ1) is 11.0. The van der Waals surface area contributed by atoms with Crippen LogP contribution in [0.25, 0.3) is 0 Å². The minimum Gasteiger partial charge on any atom is -0.508 e. The summed E-state index contributed by atoms with van der Waals surface area (Å²) >= 11 is 0. The van der Waals surface area contributed by atoms with Gasteiger partial charge in [-0.3, -0.25) is 4.79 Å². The Morgan fingerprint density at radius 2 is 1.65 bits per heavy atom. The van der Waals surface area contributed by atoms with Gasteiger partial charge in [0.2, 0.25) is 5.75 Å². The number of carbonyl (C=O) groups excluding carboxylic acids is 1. The standard InChI is InChI=1S/C16H16N2O5/c1-22-13-7-10(8-14(23-2)15(13)20)9-17-18-16(21)11-3-5-12(19)6-4-11/h3-9,19-20H,1-2H3,(H,18,21)/b17-9+. The molecule has 0 aromatic heterocycles. The minimum absolute atomic E-state index is 0.0772. The predicted molar refractivity (Wildman–Crippen MR) is 84.4 cm³/mol. The average molecular weight is 316 g/mol. The third-order valence-electron chi connectivity index (χ3n) is 3.01. The lowest BCUT2D eigenvalue weighted by molar-refractivity contribution is 0.0955. The molecule has 2 aromatic carbocycles. The molecular weight excluding hydrogens is 300 g/mol. The lowest BCUT2D eigenvalue weighted by atomic mass is 10.2. The van der Waals surface area contributed by atoms with E-state index in [4.69, 9.17) is 9.47 Å². The van der Waals surface area contributed by atoms with E-state index in [1.165, 1.54) is 44.7 Å². The molecule has 0 aliphatic rings. The average Bonchev–Trinajstić information content (AvgIpc) is 2.56. The highest BCUT2D eigenvalue weighted by Gasteiger charge is 2.10. The molecule has 23 heavy (non-hydrogen) atoms. The van der Waals surface area contributed by atoms with Gasteiger partial charge in [-0.1, -0.05) is 0 Å². The maximum Gasteiger partial charge on any atom is 0.271 e. The zero-order chi connectivity index (χ0) is 16.8. The summed E-state index contributed by atoms with van der Waals surface area (Å²) in [4.78, 5) is 11.9. The van der Waals surface area contributed by atoms with Gasteiger partial charge in [0, 0.05) is 11.1 Å². The van der Waals surface area contributed by atoms with Crippen molar-refractivity contribution < 1.29 is 24.5 Å². The largest absolute Gasteiger partial charge is 0.508 e. The number of carbonyl (C=O) groups is 1. The van der Waals surface area contributed by atoms with Gasteiger partial charge in [0.05, 0.1) is 20.4 Å². The first-order valence-electron chi connectivity index (χ1n) is 6.62. The van der Waals surface area contributed by atoms with Crippen molar-refractivity contribution >= 4 is 12.1 Å². The molecule has 0 saturated carbocycles. The van der Waals surface area contributed by atoms with E-state index in [1.54, 1.807) is 12.1 Å². The van der Waals surface area contributed by atoms with Crippen LogP contribution < -0.4 is 14.9 Å². The number of aromatic hydroxyl groups is 2. The number of phenolic OH excluding ortho intramolecular Hbond substituents is 2. The second kappa shape index (κ2) is 7.17. The summed E-state index contributed by atoms with van der Waals surface area (Å²) in [6, 6.07) is 8.88. The van der Waals surface area contributed by atoms with E-state index in [9.17, 15) is 15.0 Å². The molecule has 0 radical (unpaired) electrons. The Balaban J connectivity index is 2.11. The summed E-state index contributed by atoms with van der Waals surface area (Å²) < 4.78 is 10.1. The highest BCUT2D eigenvalue weighted by molar-refractivity contribution is 5.95. The molecule has 0 aliphatic carbocycles. The molecule has 7 nitrogen and oxygen atoms in total. The monoisotopic (exact) mass is 316 g/mol. The van der Waals surface area contributed by atoms with Crippen LogP contribution in [0.2, 0.25) is 0 Å². The van der Waals surface area contributed by atoms with Crippen LogP contribution in [0.15, 0.2) is 41.5 Å². The summed E-state index contributed by atoms with van der Waals surface area (Å²) in [5.74, 6) is 0.0129. The van der Waals surface area contributed by atoms with Crippen molar-refractivity contribution in [2.75, 3.05) is 14.2 Å². The van der Waals surface area contributed by atoms with Crippen molar-refractivity contribution in [3.8, 4) is 23.0 Å². The number of hydrazone groups is 1. The normalized spacial score (nSPS) is 10.5. The Hall–Kier alpha value is -3.22. The lowest BCUT2D eigenvalue weighted by Crippen LogP contribution is -2.17. The predicted octanol–water partition coefficient (Wildman–Crippen LogP) is 1.88. The molecule has 7 heteroatoms. The molecule has 0 fully saturated rings. The van der Waals surface area contributed by atoms with Gasteiger partial charge in [0.15, 0.2) is 11.5 Å². The summed E-state index contributed by atoms with van der Waals surface area (Å²) in [5.41, 5.74) is 3.29. The summed E-state index contributed by atoms with van der Waals surface area (Å²) in [5, 5.41) is 22.8. The van der Waals surface area contributed by atoms with Crippen molar-refractivity contribution in [1.82, 2.24) is 5.43 Å². The molecule has 3 N–H and O–H groups in total. The molecule has 0 saturated heterocycles. The maximum atomic E-state index is 11.9. The highest BCUT2D eigenvalue weighted by atomic mass is 16.5. The Bertz CT molecular complexity index is 701. The number of nitrogens with one attached hydrogen (secondary N) is 1. The first kappa shape index (κ1) is 16.2. The third kappa shape index (κ3) is 3.91. The fraction of sp³-hybridized carbons (Fsp3) is 0.125. The van der Waals surface area contributed by atoms with E-state index < -0.39 is 5.91 Å². The van der Waals surface area contributed by atoms with Gasteiger partial charge in [-0.15, -0.1) is 0 Å². The molecule has 2 aromatic rings. The van der Waals surface area contributed by atoms with E-state index in [2.05, 4.69) is 10.5 Å². The van der Waals surface area contributed by atoms with E-state index in [0.29, 0.717) is 11.1 Å². The van der Waals surface area contributed by atoms with Crippen molar-refractivity contribution in [1.29, 1.82) is 0 Å². The van der Waals surface area contributed by atoms with Crippen molar-refractivity contribution in [2.45, 2.75) is 0 Å². The Labute approximate surface area is 132 Å². The zero-order valence-electron chi connectivity index (χ0n) is 12.6. The molecule has 0 atom stereocenters. The van der Waals surface area contributed by atoms with Gasteiger partial charge in [0.25, 0.3) is 5.91 Å². The van der Waals surface area contributed by atoms with Gasteiger partial charge >= 0.3 is 0 Å². The number of rotatable bonds is 5. The van der Waals surface area contributed by atoms with Crippen LogP contribution in [0.4, 0.5) is 0 Å². The van der Waals surface area contributed by atoms with Crippen LogP contribution in [0.1, 0.15) is 15.9 Å². The molecular formula is C16H16N2O5. The van der Waals surface area contributed by atoms with Gasteiger partial charge in [-0.2, -0.15) is 5.10 Å². The van der Waals surface area contributed by atoms with E-state index >= 15 is 0 Å². The number of methoxy groups -OCH3 is 2. The Kier molecular flexibility index (Phi) is 5.03. The van der Waals surface area contributed by atoms with E-state index in [-0.39, 0.29) is 23.0 Å². The van der Waals surface area contributed by atoms with Gasteiger partial charge in [-0.25, -0.2) is 5.43 Å². The third-order valence-corrected chi connectivity index (χ3v) is 3.01. The van der Waals surface area contributed by atoms with Crippen LogP contribution in [0.3, 0.4) is 0 Å². The fourth-order valence-electron chi connectivity index (χ4n) is 1.83. The summed E-state index contributed by atoms with van der Waals surface area (Å²) in [6.45, 7) is 0. The van der Waals surface area contributed by atoms with Crippen molar-refractivity contribution in [3.05, 3.63) is 47.5 Å². The second-order valence-electron chi connectivity index (χ2n) is 4.52.